The second-order valence-corrected chi connectivity index (χ2v) is 7.00. The highest BCUT2D eigenvalue weighted by Crippen LogP contribution is 2.31. The van der Waals surface area contributed by atoms with Crippen molar-refractivity contribution in [3.63, 3.8) is 0 Å². The van der Waals surface area contributed by atoms with Gasteiger partial charge in [0.05, 0.1) is 14.4 Å². The summed E-state index contributed by atoms with van der Waals surface area (Å²) in [4.78, 5) is 12.4. The number of thiophene rings is 1. The molecule has 118 valence electrons. The van der Waals surface area contributed by atoms with Crippen molar-refractivity contribution in [3.05, 3.63) is 44.0 Å². The van der Waals surface area contributed by atoms with Crippen LogP contribution in [0.4, 0.5) is 18.9 Å². The Labute approximate surface area is 141 Å². The Hall–Kier alpha value is -1.25. The predicted octanol–water partition coefficient (Wildman–Crippen LogP) is 5.36. The van der Waals surface area contributed by atoms with Gasteiger partial charge < -0.3 is 10.1 Å². The summed E-state index contributed by atoms with van der Waals surface area (Å²) in [5, 5.41) is 2.76. The lowest BCUT2D eigenvalue weighted by atomic mass is 10.3. The predicted molar refractivity (Wildman–Crippen MR) is 83.0 cm³/mol. The number of carbonyl (C=O) groups is 1. The van der Waals surface area contributed by atoms with E-state index in [1.807, 2.05) is 0 Å². The van der Waals surface area contributed by atoms with Crippen LogP contribution in [-0.4, -0.2) is 18.7 Å². The number of anilines is 1. The number of ether oxygens (including phenoxy) is 1. The van der Waals surface area contributed by atoms with E-state index in [4.69, 9.17) is 16.3 Å². The SMILES string of the molecule is O=C(Nc1cc(Cl)ccc1OCC(F)(F)F)c1ccc(Br)s1. The molecule has 1 aromatic heterocycles. The molecule has 0 radical (unpaired) electrons. The van der Waals surface area contributed by atoms with Crippen LogP contribution in [0.1, 0.15) is 9.67 Å². The molecular weight excluding hydrogens is 407 g/mol. The molecule has 0 aliphatic heterocycles. The minimum atomic E-state index is -4.47. The van der Waals surface area contributed by atoms with Gasteiger partial charge in [0, 0.05) is 5.02 Å². The first-order chi connectivity index (χ1) is 10.2. The summed E-state index contributed by atoms with van der Waals surface area (Å²) in [6.07, 6.45) is -4.47. The second-order valence-electron chi connectivity index (χ2n) is 4.10. The fourth-order valence-corrected chi connectivity index (χ4v) is 2.96. The molecule has 0 bridgehead atoms. The molecule has 3 nitrogen and oxygen atoms in total. The Morgan fingerprint density at radius 2 is 2.05 bits per heavy atom. The van der Waals surface area contributed by atoms with Gasteiger partial charge in [-0.05, 0) is 46.3 Å². The lowest BCUT2D eigenvalue weighted by Gasteiger charge is -2.14. The fourth-order valence-electron chi connectivity index (χ4n) is 1.51. The number of amides is 1. The largest absolute Gasteiger partial charge is 0.482 e. The zero-order valence-electron chi connectivity index (χ0n) is 10.7. The Morgan fingerprint density at radius 1 is 1.32 bits per heavy atom. The number of benzene rings is 1. The van der Waals surface area contributed by atoms with Crippen LogP contribution in [0.5, 0.6) is 5.75 Å². The molecule has 2 rings (SSSR count). The molecule has 22 heavy (non-hydrogen) atoms. The van der Waals surface area contributed by atoms with Crippen molar-refractivity contribution in [1.29, 1.82) is 0 Å². The maximum absolute atomic E-state index is 12.2. The molecule has 1 heterocycles. The van der Waals surface area contributed by atoms with Crippen molar-refractivity contribution in [2.24, 2.45) is 0 Å². The van der Waals surface area contributed by atoms with Crippen molar-refractivity contribution in [1.82, 2.24) is 0 Å². The van der Waals surface area contributed by atoms with E-state index in [2.05, 4.69) is 21.2 Å². The van der Waals surface area contributed by atoms with Crippen LogP contribution >= 0.6 is 38.9 Å². The summed E-state index contributed by atoms with van der Waals surface area (Å²) < 4.78 is 42.2. The zero-order chi connectivity index (χ0) is 16.3. The van der Waals surface area contributed by atoms with Crippen molar-refractivity contribution < 1.29 is 22.7 Å². The summed E-state index contributed by atoms with van der Waals surface area (Å²) in [6, 6.07) is 7.26. The topological polar surface area (TPSA) is 38.3 Å². The normalized spacial score (nSPS) is 11.3. The molecule has 2 aromatic rings. The van der Waals surface area contributed by atoms with Crippen LogP contribution in [0.2, 0.25) is 5.02 Å². The van der Waals surface area contributed by atoms with Gasteiger partial charge in [0.15, 0.2) is 6.61 Å². The quantitative estimate of drug-likeness (QED) is 0.732. The van der Waals surface area contributed by atoms with E-state index in [9.17, 15) is 18.0 Å². The highest BCUT2D eigenvalue weighted by molar-refractivity contribution is 9.11. The van der Waals surface area contributed by atoms with Gasteiger partial charge >= 0.3 is 6.18 Å². The molecule has 9 heteroatoms. The Balaban J connectivity index is 2.18. The second kappa shape index (κ2) is 6.89. The Kier molecular flexibility index (Phi) is 5.36. The van der Waals surface area contributed by atoms with E-state index in [0.29, 0.717) is 4.88 Å². The third-order valence-electron chi connectivity index (χ3n) is 2.38. The standard InChI is InChI=1S/C13H8BrClF3NO2S/c14-11-4-3-10(22-11)12(20)19-8-5-7(15)1-2-9(8)21-6-13(16,17)18/h1-5H,6H2,(H,19,20). The summed E-state index contributed by atoms with van der Waals surface area (Å²) in [5.41, 5.74) is 0.0753. The van der Waals surface area contributed by atoms with Crippen LogP contribution in [0.25, 0.3) is 0 Å². The first kappa shape index (κ1) is 17.1. The van der Waals surface area contributed by atoms with Gasteiger partial charge in [-0.15, -0.1) is 11.3 Å². The number of halogens is 5. The van der Waals surface area contributed by atoms with Gasteiger partial charge in [0.1, 0.15) is 5.75 Å². The van der Waals surface area contributed by atoms with Crippen LogP contribution in [0, 0.1) is 0 Å². The highest BCUT2D eigenvalue weighted by atomic mass is 79.9. The molecular formula is C13H8BrClF3NO2S. The molecule has 0 saturated carbocycles. The molecule has 0 atom stereocenters. The Morgan fingerprint density at radius 3 is 2.64 bits per heavy atom. The van der Waals surface area contributed by atoms with Crippen molar-refractivity contribution in [2.45, 2.75) is 6.18 Å². The van der Waals surface area contributed by atoms with Crippen molar-refractivity contribution in [3.8, 4) is 5.75 Å². The monoisotopic (exact) mass is 413 g/mol. The summed E-state index contributed by atoms with van der Waals surface area (Å²) in [6.45, 7) is -1.46. The smallest absolute Gasteiger partial charge is 0.422 e. The molecule has 0 aliphatic rings. The van der Waals surface area contributed by atoms with Gasteiger partial charge in [-0.25, -0.2) is 0 Å². The van der Waals surface area contributed by atoms with Crippen LogP contribution in [0.15, 0.2) is 34.1 Å². The first-order valence-electron chi connectivity index (χ1n) is 5.80. The third-order valence-corrected chi connectivity index (χ3v) is 4.24. The number of carbonyl (C=O) groups excluding carboxylic acids is 1. The van der Waals surface area contributed by atoms with E-state index in [-0.39, 0.29) is 16.5 Å². The molecule has 0 unspecified atom stereocenters. The minimum absolute atomic E-state index is 0.0753. The maximum Gasteiger partial charge on any atom is 0.422 e. The summed E-state index contributed by atoms with van der Waals surface area (Å²) in [7, 11) is 0. The van der Waals surface area contributed by atoms with Crippen molar-refractivity contribution >= 4 is 50.5 Å². The molecule has 0 saturated heterocycles. The van der Waals surface area contributed by atoms with Gasteiger partial charge in [0.2, 0.25) is 0 Å². The van der Waals surface area contributed by atoms with E-state index in [0.717, 1.165) is 3.79 Å². The Bertz CT molecular complexity index is 690. The van der Waals surface area contributed by atoms with Crippen LogP contribution < -0.4 is 10.1 Å². The third kappa shape index (κ3) is 4.89. The molecule has 0 fully saturated rings. The van der Waals surface area contributed by atoms with Gasteiger partial charge in [-0.1, -0.05) is 11.6 Å². The average molecular weight is 415 g/mol. The number of alkyl halides is 3. The van der Waals surface area contributed by atoms with Crippen LogP contribution in [-0.2, 0) is 0 Å². The van der Waals surface area contributed by atoms with Gasteiger partial charge in [-0.2, -0.15) is 13.2 Å². The lowest BCUT2D eigenvalue weighted by molar-refractivity contribution is -0.153. The summed E-state index contributed by atoms with van der Waals surface area (Å²) in [5.74, 6) is -0.569. The molecule has 1 N–H and O–H groups in total. The molecule has 1 amide bonds. The number of nitrogens with one attached hydrogen (secondary N) is 1. The van der Waals surface area contributed by atoms with E-state index in [1.165, 1.54) is 29.5 Å². The number of hydrogen-bond acceptors (Lipinski definition) is 3. The zero-order valence-corrected chi connectivity index (χ0v) is 13.9. The van der Waals surface area contributed by atoms with E-state index >= 15 is 0 Å². The fraction of sp³-hybridized carbons (Fsp3) is 0.154. The van der Waals surface area contributed by atoms with E-state index in [1.54, 1.807) is 12.1 Å². The van der Waals surface area contributed by atoms with Crippen LogP contribution in [0.3, 0.4) is 0 Å². The van der Waals surface area contributed by atoms with E-state index < -0.39 is 18.7 Å². The van der Waals surface area contributed by atoms with Gasteiger partial charge in [0.25, 0.3) is 5.91 Å². The van der Waals surface area contributed by atoms with Crippen molar-refractivity contribution in [2.75, 3.05) is 11.9 Å². The molecule has 0 aliphatic carbocycles. The molecule has 1 aromatic carbocycles. The first-order valence-corrected chi connectivity index (χ1v) is 7.79. The lowest BCUT2D eigenvalue weighted by Crippen LogP contribution is -2.20. The average Bonchev–Trinajstić information content (AvgIpc) is 2.83. The highest BCUT2D eigenvalue weighted by Gasteiger charge is 2.29. The minimum Gasteiger partial charge on any atom is -0.482 e. The maximum atomic E-state index is 12.2. The summed E-state index contributed by atoms with van der Waals surface area (Å²) >= 11 is 10.2. The molecule has 0 spiro atoms. The van der Waals surface area contributed by atoms with Gasteiger partial charge in [-0.3, -0.25) is 4.79 Å². The number of hydrogen-bond donors (Lipinski definition) is 1. The number of rotatable bonds is 4.